The normalized spacial score (nSPS) is 17.4. The van der Waals surface area contributed by atoms with Gasteiger partial charge in [-0.15, -0.1) is 0 Å². The van der Waals surface area contributed by atoms with Gasteiger partial charge in [-0.2, -0.15) is 0 Å². The number of carbonyl (C=O) groups excluding carboxylic acids is 2. The highest BCUT2D eigenvalue weighted by atomic mass is 19.1. The number of hydrogen-bond donors (Lipinski definition) is 1. The van der Waals surface area contributed by atoms with E-state index in [1.807, 2.05) is 0 Å². The maximum atomic E-state index is 13.8. The molecule has 1 fully saturated rings. The summed E-state index contributed by atoms with van der Waals surface area (Å²) < 4.78 is 26.9. The number of rotatable bonds is 3. The number of halogens is 2. The number of nitrogens with one attached hydrogen (secondary N) is 1. The lowest BCUT2D eigenvalue weighted by atomic mass is 10.1. The SMILES string of the molecule is O=C(Nc1cccc(F)c1)C1CC(=O)N(c2ccccc2F)C1. The summed E-state index contributed by atoms with van der Waals surface area (Å²) in [6.45, 7) is 0.0981. The minimum Gasteiger partial charge on any atom is -0.326 e. The van der Waals surface area contributed by atoms with Crippen LogP contribution in [0.25, 0.3) is 0 Å². The Bertz CT molecular complexity index is 764. The number of hydrogen-bond acceptors (Lipinski definition) is 2. The summed E-state index contributed by atoms with van der Waals surface area (Å²) >= 11 is 0. The van der Waals surface area contributed by atoms with Gasteiger partial charge in [-0.25, -0.2) is 8.78 Å². The van der Waals surface area contributed by atoms with Gasteiger partial charge in [0.1, 0.15) is 11.6 Å². The first kappa shape index (κ1) is 15.1. The molecule has 1 N–H and O–H groups in total. The predicted octanol–water partition coefficient (Wildman–Crippen LogP) is 2.96. The van der Waals surface area contributed by atoms with E-state index in [4.69, 9.17) is 0 Å². The van der Waals surface area contributed by atoms with Crippen LogP contribution in [0, 0.1) is 17.6 Å². The highest BCUT2D eigenvalue weighted by molar-refractivity contribution is 6.03. The third kappa shape index (κ3) is 3.21. The molecule has 0 aliphatic carbocycles. The van der Waals surface area contributed by atoms with E-state index in [0.717, 1.165) is 0 Å². The van der Waals surface area contributed by atoms with Crippen LogP contribution in [-0.2, 0) is 9.59 Å². The molecule has 4 nitrogen and oxygen atoms in total. The average Bonchev–Trinajstić information content (AvgIpc) is 2.90. The minimum atomic E-state index is -0.606. The van der Waals surface area contributed by atoms with E-state index in [0.29, 0.717) is 5.69 Å². The third-order valence-corrected chi connectivity index (χ3v) is 3.73. The summed E-state index contributed by atoms with van der Waals surface area (Å²) in [5.41, 5.74) is 0.491. The molecule has 0 saturated carbocycles. The number of para-hydroxylation sites is 1. The van der Waals surface area contributed by atoms with Crippen LogP contribution in [0.3, 0.4) is 0 Å². The lowest BCUT2D eigenvalue weighted by Crippen LogP contribution is -2.28. The van der Waals surface area contributed by atoms with Gasteiger partial charge in [0.15, 0.2) is 0 Å². The van der Waals surface area contributed by atoms with Crippen molar-refractivity contribution in [2.75, 3.05) is 16.8 Å². The molecule has 2 amide bonds. The molecule has 0 aromatic heterocycles. The van der Waals surface area contributed by atoms with E-state index in [-0.39, 0.29) is 30.5 Å². The van der Waals surface area contributed by atoms with Gasteiger partial charge >= 0.3 is 0 Å². The zero-order valence-corrected chi connectivity index (χ0v) is 12.1. The largest absolute Gasteiger partial charge is 0.326 e. The summed E-state index contributed by atoms with van der Waals surface area (Å²) in [6.07, 6.45) is -0.00448. The smallest absolute Gasteiger partial charge is 0.229 e. The monoisotopic (exact) mass is 316 g/mol. The molecule has 3 rings (SSSR count). The lowest BCUT2D eigenvalue weighted by Gasteiger charge is -2.17. The van der Waals surface area contributed by atoms with Crippen molar-refractivity contribution in [3.63, 3.8) is 0 Å². The maximum Gasteiger partial charge on any atom is 0.229 e. The Labute approximate surface area is 131 Å². The van der Waals surface area contributed by atoms with Gasteiger partial charge in [-0.3, -0.25) is 9.59 Å². The quantitative estimate of drug-likeness (QED) is 0.946. The molecule has 1 aliphatic heterocycles. The van der Waals surface area contributed by atoms with Crippen molar-refractivity contribution in [3.05, 3.63) is 60.2 Å². The van der Waals surface area contributed by atoms with E-state index < -0.39 is 17.6 Å². The van der Waals surface area contributed by atoms with Crippen molar-refractivity contribution in [3.8, 4) is 0 Å². The first-order chi connectivity index (χ1) is 11.0. The minimum absolute atomic E-state index is 0.00448. The Kier molecular flexibility index (Phi) is 4.06. The molecular weight excluding hydrogens is 302 g/mol. The van der Waals surface area contributed by atoms with E-state index in [1.54, 1.807) is 12.1 Å². The summed E-state index contributed by atoms with van der Waals surface area (Å²) in [5, 5.41) is 2.58. The van der Waals surface area contributed by atoms with Gasteiger partial charge in [0.05, 0.1) is 11.6 Å². The maximum absolute atomic E-state index is 13.8. The molecule has 1 heterocycles. The molecule has 2 aromatic carbocycles. The van der Waals surface area contributed by atoms with E-state index in [9.17, 15) is 18.4 Å². The number of carbonyl (C=O) groups is 2. The first-order valence-electron chi connectivity index (χ1n) is 7.16. The van der Waals surface area contributed by atoms with Crippen molar-refractivity contribution in [1.82, 2.24) is 0 Å². The fraction of sp³-hybridized carbons (Fsp3) is 0.176. The van der Waals surface area contributed by atoms with Crippen LogP contribution in [0.1, 0.15) is 6.42 Å². The van der Waals surface area contributed by atoms with E-state index in [1.165, 1.54) is 41.3 Å². The van der Waals surface area contributed by atoms with Gasteiger partial charge in [0.25, 0.3) is 0 Å². The van der Waals surface area contributed by atoms with Crippen molar-refractivity contribution in [2.24, 2.45) is 5.92 Å². The zero-order chi connectivity index (χ0) is 16.4. The molecule has 6 heteroatoms. The van der Waals surface area contributed by atoms with Gasteiger partial charge in [0, 0.05) is 18.7 Å². The number of nitrogens with zero attached hydrogens (tertiary/aromatic N) is 1. The Morgan fingerprint density at radius 1 is 1.13 bits per heavy atom. The molecule has 1 atom stereocenters. The van der Waals surface area contributed by atoms with Crippen molar-refractivity contribution < 1.29 is 18.4 Å². The fourth-order valence-corrected chi connectivity index (χ4v) is 2.60. The zero-order valence-electron chi connectivity index (χ0n) is 12.1. The second-order valence-corrected chi connectivity index (χ2v) is 5.36. The van der Waals surface area contributed by atoms with Crippen LogP contribution in [-0.4, -0.2) is 18.4 Å². The molecule has 0 radical (unpaired) electrons. The van der Waals surface area contributed by atoms with E-state index in [2.05, 4.69) is 5.32 Å². The molecule has 118 valence electrons. The number of amides is 2. The molecule has 1 saturated heterocycles. The summed E-state index contributed by atoms with van der Waals surface area (Å²) in [7, 11) is 0. The second-order valence-electron chi connectivity index (χ2n) is 5.36. The van der Waals surface area contributed by atoms with Crippen molar-refractivity contribution >= 4 is 23.2 Å². The number of anilines is 2. The number of benzene rings is 2. The van der Waals surface area contributed by atoms with Gasteiger partial charge < -0.3 is 10.2 Å². The van der Waals surface area contributed by atoms with Crippen LogP contribution in [0.15, 0.2) is 48.5 Å². The van der Waals surface area contributed by atoms with Crippen LogP contribution in [0.5, 0.6) is 0 Å². The van der Waals surface area contributed by atoms with Gasteiger partial charge in [0.2, 0.25) is 11.8 Å². The molecule has 1 unspecified atom stereocenters. The highest BCUT2D eigenvalue weighted by Gasteiger charge is 2.36. The average molecular weight is 316 g/mol. The van der Waals surface area contributed by atoms with Gasteiger partial charge in [-0.05, 0) is 30.3 Å². The van der Waals surface area contributed by atoms with Gasteiger partial charge in [-0.1, -0.05) is 18.2 Å². The fourth-order valence-electron chi connectivity index (χ4n) is 2.60. The summed E-state index contributed by atoms with van der Waals surface area (Å²) in [4.78, 5) is 25.6. The second kappa shape index (κ2) is 6.16. The molecule has 1 aliphatic rings. The lowest BCUT2D eigenvalue weighted by molar-refractivity contribution is -0.122. The Balaban J connectivity index is 1.72. The van der Waals surface area contributed by atoms with Crippen molar-refractivity contribution in [1.29, 1.82) is 0 Å². The van der Waals surface area contributed by atoms with Crippen LogP contribution < -0.4 is 10.2 Å². The molecule has 23 heavy (non-hydrogen) atoms. The molecular formula is C17H14F2N2O2. The summed E-state index contributed by atoms with van der Waals surface area (Å²) in [6, 6.07) is 11.4. The topological polar surface area (TPSA) is 49.4 Å². The Morgan fingerprint density at radius 2 is 1.91 bits per heavy atom. The predicted molar refractivity (Wildman–Crippen MR) is 81.9 cm³/mol. The van der Waals surface area contributed by atoms with Crippen LogP contribution in [0.4, 0.5) is 20.2 Å². The molecule has 2 aromatic rings. The standard InChI is InChI=1S/C17H14F2N2O2/c18-12-4-3-5-13(9-12)20-17(23)11-8-16(22)21(10-11)15-7-2-1-6-14(15)19/h1-7,9,11H,8,10H2,(H,20,23). The van der Waals surface area contributed by atoms with Crippen LogP contribution >= 0.6 is 0 Å². The summed E-state index contributed by atoms with van der Waals surface area (Å²) in [5.74, 6) is -2.27. The molecule has 0 bridgehead atoms. The first-order valence-corrected chi connectivity index (χ1v) is 7.16. The van der Waals surface area contributed by atoms with Crippen LogP contribution in [0.2, 0.25) is 0 Å². The Morgan fingerprint density at radius 3 is 2.65 bits per heavy atom. The molecule has 0 spiro atoms. The highest BCUT2D eigenvalue weighted by Crippen LogP contribution is 2.28. The van der Waals surface area contributed by atoms with E-state index >= 15 is 0 Å². The van der Waals surface area contributed by atoms with Crippen molar-refractivity contribution in [2.45, 2.75) is 6.42 Å². The third-order valence-electron chi connectivity index (χ3n) is 3.73. The Hall–Kier alpha value is -2.76.